The number of alkyl halides is 3. The maximum atomic E-state index is 12.9. The standard InChI is InChI=1S/C27H20F3N5O2/c28-27(29,30)16-4-1-5-18(12-16)33-26(37)34-20-7-2-6-19(13-20)32-21-9-10-22-23(14-17-8-3-11-31-17)25(36)35-24(22)15-21/h1-15,31-32H,(H,35,36)(H2,33,34,37)/b23-14+. The van der Waals surface area contributed by atoms with Gasteiger partial charge in [-0.1, -0.05) is 18.2 Å². The Kier molecular flexibility index (Phi) is 6.14. The van der Waals surface area contributed by atoms with E-state index in [4.69, 9.17) is 0 Å². The Balaban J connectivity index is 1.26. The number of fused-ring (bicyclic) bond motifs is 1. The maximum Gasteiger partial charge on any atom is 0.416 e. The predicted molar refractivity (Wildman–Crippen MR) is 138 cm³/mol. The van der Waals surface area contributed by atoms with Gasteiger partial charge in [0.2, 0.25) is 0 Å². The summed E-state index contributed by atoms with van der Waals surface area (Å²) in [7, 11) is 0. The predicted octanol–water partition coefficient (Wildman–Crippen LogP) is 6.91. The Labute approximate surface area is 209 Å². The fraction of sp³-hybridized carbons (Fsp3) is 0.0370. The number of H-pyrrole nitrogens is 1. The van der Waals surface area contributed by atoms with Gasteiger partial charge in [-0.15, -0.1) is 0 Å². The van der Waals surface area contributed by atoms with E-state index < -0.39 is 17.8 Å². The largest absolute Gasteiger partial charge is 0.416 e. The lowest BCUT2D eigenvalue weighted by Crippen LogP contribution is -2.19. The van der Waals surface area contributed by atoms with Gasteiger partial charge in [0, 0.05) is 40.2 Å². The molecule has 0 saturated heterocycles. The van der Waals surface area contributed by atoms with Crippen LogP contribution in [0.25, 0.3) is 11.6 Å². The van der Waals surface area contributed by atoms with E-state index in [0.717, 1.165) is 23.4 Å². The van der Waals surface area contributed by atoms with Gasteiger partial charge in [-0.3, -0.25) is 4.79 Å². The first kappa shape index (κ1) is 23.7. The Morgan fingerprint density at radius 2 is 1.51 bits per heavy atom. The molecule has 3 aromatic carbocycles. The van der Waals surface area contributed by atoms with Crippen molar-refractivity contribution < 1.29 is 22.8 Å². The van der Waals surface area contributed by atoms with Crippen LogP contribution >= 0.6 is 0 Å². The highest BCUT2D eigenvalue weighted by Gasteiger charge is 2.30. The fourth-order valence-corrected chi connectivity index (χ4v) is 3.91. The number of halogens is 3. The summed E-state index contributed by atoms with van der Waals surface area (Å²) in [4.78, 5) is 27.9. The van der Waals surface area contributed by atoms with Crippen LogP contribution in [0.5, 0.6) is 0 Å². The molecule has 5 rings (SSSR count). The van der Waals surface area contributed by atoms with Gasteiger partial charge in [0.05, 0.1) is 16.8 Å². The number of amides is 3. The van der Waals surface area contributed by atoms with E-state index >= 15 is 0 Å². The van der Waals surface area contributed by atoms with Crippen LogP contribution in [0.3, 0.4) is 0 Å². The lowest BCUT2D eigenvalue weighted by Gasteiger charge is -2.12. The Morgan fingerprint density at radius 1 is 0.811 bits per heavy atom. The van der Waals surface area contributed by atoms with Gasteiger partial charge in [-0.2, -0.15) is 13.2 Å². The molecule has 3 amide bonds. The van der Waals surface area contributed by atoms with Gasteiger partial charge < -0.3 is 26.3 Å². The summed E-state index contributed by atoms with van der Waals surface area (Å²) in [6.45, 7) is 0. The molecular formula is C27H20F3N5O2. The minimum absolute atomic E-state index is 0.0199. The molecule has 0 unspecified atom stereocenters. The molecule has 0 saturated carbocycles. The zero-order chi connectivity index (χ0) is 26.0. The first-order valence-corrected chi connectivity index (χ1v) is 11.2. The third-order valence-electron chi connectivity index (χ3n) is 5.58. The minimum Gasteiger partial charge on any atom is -0.362 e. The summed E-state index contributed by atoms with van der Waals surface area (Å²) in [5.41, 5.74) is 3.80. The van der Waals surface area contributed by atoms with Gasteiger partial charge >= 0.3 is 12.2 Å². The third kappa shape index (κ3) is 5.48. The molecule has 0 atom stereocenters. The molecule has 4 aromatic rings. The molecule has 0 fully saturated rings. The van der Waals surface area contributed by atoms with Crippen molar-refractivity contribution in [1.29, 1.82) is 0 Å². The quantitative estimate of drug-likeness (QED) is 0.191. The highest BCUT2D eigenvalue weighted by atomic mass is 19.4. The molecule has 0 bridgehead atoms. The number of nitrogens with one attached hydrogen (secondary N) is 5. The summed E-state index contributed by atoms with van der Waals surface area (Å²) >= 11 is 0. The number of anilines is 5. The van der Waals surface area contributed by atoms with E-state index in [1.807, 2.05) is 30.3 Å². The number of hydrogen-bond donors (Lipinski definition) is 5. The Hall–Kier alpha value is -4.99. The maximum absolute atomic E-state index is 12.9. The summed E-state index contributed by atoms with van der Waals surface area (Å²) in [6.07, 6.45) is -0.937. The van der Waals surface area contributed by atoms with E-state index in [1.165, 1.54) is 12.1 Å². The second-order valence-electron chi connectivity index (χ2n) is 8.26. The normalized spacial score (nSPS) is 13.7. The molecule has 0 radical (unpaired) electrons. The molecular weight excluding hydrogens is 483 g/mol. The van der Waals surface area contributed by atoms with E-state index in [2.05, 4.69) is 26.3 Å². The number of urea groups is 1. The molecule has 1 aromatic heterocycles. The van der Waals surface area contributed by atoms with Crippen LogP contribution in [0, 0.1) is 0 Å². The number of carbonyl (C=O) groups excluding carboxylic acids is 2. The molecule has 1 aliphatic heterocycles. The topological polar surface area (TPSA) is 98.1 Å². The Morgan fingerprint density at radius 3 is 2.24 bits per heavy atom. The number of benzene rings is 3. The molecule has 0 spiro atoms. The molecule has 0 aliphatic carbocycles. The van der Waals surface area contributed by atoms with Crippen molar-refractivity contribution in [1.82, 2.24) is 4.98 Å². The number of carbonyl (C=O) groups is 2. The van der Waals surface area contributed by atoms with Crippen molar-refractivity contribution in [3.63, 3.8) is 0 Å². The summed E-state index contributed by atoms with van der Waals surface area (Å²) in [6, 6.07) is 19.8. The van der Waals surface area contributed by atoms with Crippen molar-refractivity contribution in [3.05, 3.63) is 102 Å². The van der Waals surface area contributed by atoms with E-state index in [1.54, 1.807) is 36.5 Å². The van der Waals surface area contributed by atoms with Crippen LogP contribution in [-0.4, -0.2) is 16.9 Å². The molecule has 186 valence electrons. The van der Waals surface area contributed by atoms with E-state index in [-0.39, 0.29) is 11.6 Å². The molecule has 7 nitrogen and oxygen atoms in total. The fourth-order valence-electron chi connectivity index (χ4n) is 3.91. The van der Waals surface area contributed by atoms with Gasteiger partial charge in [0.1, 0.15) is 0 Å². The average molecular weight is 503 g/mol. The van der Waals surface area contributed by atoms with E-state index in [0.29, 0.717) is 28.3 Å². The third-order valence-corrected chi connectivity index (χ3v) is 5.58. The average Bonchev–Trinajstić information content (AvgIpc) is 3.46. The number of aromatic nitrogens is 1. The first-order valence-electron chi connectivity index (χ1n) is 11.2. The number of hydrogen-bond acceptors (Lipinski definition) is 3. The molecule has 1 aliphatic rings. The monoisotopic (exact) mass is 503 g/mol. The molecule has 2 heterocycles. The van der Waals surface area contributed by atoms with Crippen molar-refractivity contribution in [2.24, 2.45) is 0 Å². The van der Waals surface area contributed by atoms with Gasteiger partial charge in [-0.05, 0) is 66.7 Å². The molecule has 5 N–H and O–H groups in total. The second-order valence-corrected chi connectivity index (χ2v) is 8.26. The van der Waals surface area contributed by atoms with Gasteiger partial charge in [-0.25, -0.2) is 4.79 Å². The van der Waals surface area contributed by atoms with Crippen molar-refractivity contribution >= 4 is 52.0 Å². The van der Waals surface area contributed by atoms with Crippen LogP contribution in [0.2, 0.25) is 0 Å². The zero-order valence-corrected chi connectivity index (χ0v) is 19.1. The highest BCUT2D eigenvalue weighted by Crippen LogP contribution is 2.36. The van der Waals surface area contributed by atoms with Crippen molar-refractivity contribution in [2.45, 2.75) is 6.18 Å². The van der Waals surface area contributed by atoms with Crippen LogP contribution in [0.1, 0.15) is 16.8 Å². The van der Waals surface area contributed by atoms with Gasteiger partial charge in [0.15, 0.2) is 0 Å². The molecule has 37 heavy (non-hydrogen) atoms. The minimum atomic E-state index is -4.51. The summed E-state index contributed by atoms with van der Waals surface area (Å²) in [5, 5.41) is 11.1. The summed E-state index contributed by atoms with van der Waals surface area (Å²) < 4.78 is 38.7. The first-order chi connectivity index (χ1) is 17.7. The van der Waals surface area contributed by atoms with Crippen molar-refractivity contribution in [3.8, 4) is 0 Å². The lowest BCUT2D eigenvalue weighted by molar-refractivity contribution is -0.137. The van der Waals surface area contributed by atoms with Crippen LogP contribution in [0.15, 0.2) is 85.1 Å². The van der Waals surface area contributed by atoms with E-state index in [9.17, 15) is 22.8 Å². The zero-order valence-electron chi connectivity index (χ0n) is 19.1. The van der Waals surface area contributed by atoms with Crippen LogP contribution in [0.4, 0.5) is 46.4 Å². The summed E-state index contributed by atoms with van der Waals surface area (Å²) in [5.74, 6) is -0.195. The van der Waals surface area contributed by atoms with Crippen LogP contribution < -0.4 is 21.3 Å². The highest BCUT2D eigenvalue weighted by molar-refractivity contribution is 6.35. The smallest absolute Gasteiger partial charge is 0.362 e. The van der Waals surface area contributed by atoms with Crippen molar-refractivity contribution in [2.75, 3.05) is 21.3 Å². The molecule has 10 heteroatoms. The lowest BCUT2D eigenvalue weighted by atomic mass is 10.1. The SMILES string of the molecule is O=C(Nc1cccc(Nc2ccc3c(c2)NC(=O)/C3=C/c2ccc[nH]2)c1)Nc1cccc(C(F)(F)F)c1. The van der Waals surface area contributed by atoms with Gasteiger partial charge in [0.25, 0.3) is 5.91 Å². The Bertz CT molecular complexity index is 1510. The number of aromatic amines is 1. The second kappa shape index (κ2) is 9.57. The number of rotatable bonds is 5. The van der Waals surface area contributed by atoms with Crippen LogP contribution in [-0.2, 0) is 11.0 Å².